The number of rotatable bonds is 5. The quantitative estimate of drug-likeness (QED) is 0.662. The number of aryl methyl sites for hydroxylation is 1. The van der Waals surface area contributed by atoms with E-state index >= 15 is 0 Å². The maximum atomic E-state index is 11.9. The minimum absolute atomic E-state index is 0.102. The van der Waals surface area contributed by atoms with Crippen LogP contribution in [0.25, 0.3) is 0 Å². The molecule has 108 valence electrons. The van der Waals surface area contributed by atoms with Crippen LogP contribution < -0.4 is 5.43 Å². The molecule has 2 aromatic rings. The predicted octanol–water partition coefficient (Wildman–Crippen LogP) is 3.33. The van der Waals surface area contributed by atoms with Crippen LogP contribution in [0.15, 0.2) is 59.7 Å². The highest BCUT2D eigenvalue weighted by Crippen LogP contribution is 2.06. The number of benzene rings is 2. The second-order valence-electron chi connectivity index (χ2n) is 4.95. The number of nitrogens with one attached hydrogen (secondary N) is 1. The van der Waals surface area contributed by atoms with Gasteiger partial charge in [0.05, 0.1) is 12.1 Å². The molecule has 0 bridgehead atoms. The average molecular weight is 280 g/mol. The smallest absolute Gasteiger partial charge is 0.244 e. The topological polar surface area (TPSA) is 41.5 Å². The Labute approximate surface area is 125 Å². The van der Waals surface area contributed by atoms with Gasteiger partial charge in [0.2, 0.25) is 5.91 Å². The molecule has 0 spiro atoms. The summed E-state index contributed by atoms with van der Waals surface area (Å²) in [5.41, 5.74) is 6.68. The van der Waals surface area contributed by atoms with Crippen molar-refractivity contribution in [2.24, 2.45) is 5.10 Å². The second-order valence-corrected chi connectivity index (χ2v) is 4.95. The lowest BCUT2D eigenvalue weighted by molar-refractivity contribution is -0.120. The van der Waals surface area contributed by atoms with E-state index in [1.54, 1.807) is 0 Å². The molecule has 0 aliphatic heterocycles. The minimum atomic E-state index is -0.102. The molecule has 21 heavy (non-hydrogen) atoms. The molecule has 3 nitrogen and oxygen atoms in total. The first-order valence-electron chi connectivity index (χ1n) is 7.15. The van der Waals surface area contributed by atoms with Gasteiger partial charge in [0, 0.05) is 0 Å². The van der Waals surface area contributed by atoms with Crippen LogP contribution in [0.1, 0.15) is 30.5 Å². The van der Waals surface area contributed by atoms with Crippen LogP contribution in [0.3, 0.4) is 0 Å². The Bertz CT molecular complexity index is 615. The zero-order valence-corrected chi connectivity index (χ0v) is 12.5. The van der Waals surface area contributed by atoms with Crippen LogP contribution in [0, 0.1) is 0 Å². The lowest BCUT2D eigenvalue weighted by atomic mass is 10.1. The van der Waals surface area contributed by atoms with Gasteiger partial charge in [-0.25, -0.2) is 5.43 Å². The fraction of sp³-hybridized carbons (Fsp3) is 0.222. The third-order valence-electron chi connectivity index (χ3n) is 3.34. The van der Waals surface area contributed by atoms with Gasteiger partial charge in [0.25, 0.3) is 0 Å². The molecule has 0 aliphatic carbocycles. The molecular formula is C18H20N2O. The maximum absolute atomic E-state index is 11.9. The van der Waals surface area contributed by atoms with Crippen molar-refractivity contribution in [1.82, 2.24) is 5.43 Å². The van der Waals surface area contributed by atoms with E-state index in [4.69, 9.17) is 0 Å². The highest BCUT2D eigenvalue weighted by atomic mass is 16.2. The van der Waals surface area contributed by atoms with Crippen molar-refractivity contribution in [2.75, 3.05) is 0 Å². The predicted molar refractivity (Wildman–Crippen MR) is 86.3 cm³/mol. The lowest BCUT2D eigenvalue weighted by Crippen LogP contribution is -2.21. The summed E-state index contributed by atoms with van der Waals surface area (Å²) in [7, 11) is 0. The molecule has 0 aromatic heterocycles. The average Bonchev–Trinajstić information content (AvgIpc) is 2.54. The van der Waals surface area contributed by atoms with Crippen LogP contribution in [0.5, 0.6) is 0 Å². The fourth-order valence-corrected chi connectivity index (χ4v) is 2.01. The third kappa shape index (κ3) is 4.56. The highest BCUT2D eigenvalue weighted by Gasteiger charge is 2.03. The number of hydrazone groups is 1. The summed E-state index contributed by atoms with van der Waals surface area (Å²) in [5, 5.41) is 4.14. The zero-order valence-electron chi connectivity index (χ0n) is 12.5. The Morgan fingerprint density at radius 3 is 2.24 bits per heavy atom. The van der Waals surface area contributed by atoms with Gasteiger partial charge >= 0.3 is 0 Å². The molecule has 3 heteroatoms. The summed E-state index contributed by atoms with van der Waals surface area (Å²) in [4.78, 5) is 11.9. The molecular weight excluding hydrogens is 260 g/mol. The van der Waals surface area contributed by atoms with E-state index in [2.05, 4.69) is 29.6 Å². The number of nitrogens with zero attached hydrogens (tertiary/aromatic N) is 1. The van der Waals surface area contributed by atoms with Crippen molar-refractivity contribution in [2.45, 2.75) is 26.7 Å². The van der Waals surface area contributed by atoms with Crippen LogP contribution in [-0.4, -0.2) is 11.6 Å². The molecule has 0 fully saturated rings. The normalized spacial score (nSPS) is 11.2. The zero-order chi connectivity index (χ0) is 15.1. The Morgan fingerprint density at radius 1 is 1.00 bits per heavy atom. The monoisotopic (exact) mass is 280 g/mol. The Morgan fingerprint density at radius 2 is 1.62 bits per heavy atom. The van der Waals surface area contributed by atoms with Gasteiger partial charge in [-0.1, -0.05) is 61.5 Å². The van der Waals surface area contributed by atoms with Crippen LogP contribution in [-0.2, 0) is 17.6 Å². The number of carbonyl (C=O) groups is 1. The first kappa shape index (κ1) is 15.0. The number of amides is 1. The van der Waals surface area contributed by atoms with Gasteiger partial charge in [0.1, 0.15) is 0 Å². The molecule has 2 aromatic carbocycles. The maximum Gasteiger partial charge on any atom is 0.244 e. The summed E-state index contributed by atoms with van der Waals surface area (Å²) in [6.07, 6.45) is 1.35. The summed E-state index contributed by atoms with van der Waals surface area (Å²) >= 11 is 0. The summed E-state index contributed by atoms with van der Waals surface area (Å²) in [6.45, 7) is 3.99. The summed E-state index contributed by atoms with van der Waals surface area (Å²) < 4.78 is 0. The molecule has 0 heterocycles. The Balaban J connectivity index is 1.92. The van der Waals surface area contributed by atoms with Crippen molar-refractivity contribution in [3.63, 3.8) is 0 Å². The van der Waals surface area contributed by atoms with E-state index in [0.29, 0.717) is 6.42 Å². The number of carbonyl (C=O) groups excluding carboxylic acids is 1. The highest BCUT2D eigenvalue weighted by molar-refractivity contribution is 5.99. The summed E-state index contributed by atoms with van der Waals surface area (Å²) in [6, 6.07) is 17.9. The van der Waals surface area contributed by atoms with Gasteiger partial charge in [-0.2, -0.15) is 5.10 Å². The molecule has 0 radical (unpaired) electrons. The van der Waals surface area contributed by atoms with Gasteiger partial charge in [0.15, 0.2) is 0 Å². The van der Waals surface area contributed by atoms with Crippen LogP contribution >= 0.6 is 0 Å². The molecule has 1 N–H and O–H groups in total. The van der Waals surface area contributed by atoms with E-state index in [1.165, 1.54) is 5.56 Å². The Hall–Kier alpha value is -2.42. The van der Waals surface area contributed by atoms with Gasteiger partial charge in [-0.15, -0.1) is 0 Å². The fourth-order valence-electron chi connectivity index (χ4n) is 2.01. The van der Waals surface area contributed by atoms with E-state index in [1.807, 2.05) is 49.4 Å². The summed E-state index contributed by atoms with van der Waals surface area (Å²) in [5.74, 6) is -0.102. The molecule has 0 unspecified atom stereocenters. The van der Waals surface area contributed by atoms with Crippen molar-refractivity contribution < 1.29 is 4.79 Å². The van der Waals surface area contributed by atoms with E-state index in [9.17, 15) is 4.79 Å². The first-order valence-corrected chi connectivity index (χ1v) is 7.15. The van der Waals surface area contributed by atoms with Gasteiger partial charge in [-0.05, 0) is 30.0 Å². The van der Waals surface area contributed by atoms with E-state index in [-0.39, 0.29) is 5.91 Å². The SMILES string of the molecule is CCc1ccc(CC(=O)N/N=C(/C)c2ccccc2)cc1. The van der Waals surface area contributed by atoms with E-state index < -0.39 is 0 Å². The standard InChI is InChI=1S/C18H20N2O/c1-3-15-9-11-16(12-10-15)13-18(21)20-19-14(2)17-7-5-4-6-8-17/h4-12H,3,13H2,1-2H3,(H,20,21)/b19-14-. The largest absolute Gasteiger partial charge is 0.273 e. The van der Waals surface area contributed by atoms with Crippen LogP contribution in [0.2, 0.25) is 0 Å². The first-order chi connectivity index (χ1) is 10.2. The third-order valence-corrected chi connectivity index (χ3v) is 3.34. The van der Waals surface area contributed by atoms with Gasteiger partial charge in [-0.3, -0.25) is 4.79 Å². The Kier molecular flexibility index (Phi) is 5.27. The van der Waals surface area contributed by atoms with Crippen molar-refractivity contribution >= 4 is 11.6 Å². The van der Waals surface area contributed by atoms with Crippen molar-refractivity contribution in [1.29, 1.82) is 0 Å². The van der Waals surface area contributed by atoms with Gasteiger partial charge < -0.3 is 0 Å². The molecule has 0 saturated heterocycles. The molecule has 0 saturated carbocycles. The minimum Gasteiger partial charge on any atom is -0.273 e. The number of hydrogen-bond acceptors (Lipinski definition) is 2. The lowest BCUT2D eigenvalue weighted by Gasteiger charge is -2.04. The van der Waals surface area contributed by atoms with Crippen molar-refractivity contribution in [3.8, 4) is 0 Å². The second kappa shape index (κ2) is 7.39. The van der Waals surface area contributed by atoms with E-state index in [0.717, 1.165) is 23.3 Å². The molecule has 0 atom stereocenters. The van der Waals surface area contributed by atoms with Crippen molar-refractivity contribution in [3.05, 3.63) is 71.3 Å². The van der Waals surface area contributed by atoms with Crippen LogP contribution in [0.4, 0.5) is 0 Å². The molecule has 0 aliphatic rings. The molecule has 2 rings (SSSR count). The number of hydrogen-bond donors (Lipinski definition) is 1. The molecule has 1 amide bonds.